The zero-order valence-electron chi connectivity index (χ0n) is 24.3. The predicted octanol–water partition coefficient (Wildman–Crippen LogP) is 5.32. The van der Waals surface area contributed by atoms with Crippen LogP contribution in [0, 0.1) is 6.92 Å². The Hall–Kier alpha value is -4.69. The molecular formula is C34H32N4O3S. The van der Waals surface area contributed by atoms with Gasteiger partial charge >= 0.3 is 5.97 Å². The van der Waals surface area contributed by atoms with Gasteiger partial charge in [-0.3, -0.25) is 9.36 Å². The maximum atomic E-state index is 14.3. The van der Waals surface area contributed by atoms with Crippen molar-refractivity contribution in [3.8, 4) is 11.3 Å². The van der Waals surface area contributed by atoms with Gasteiger partial charge in [0.25, 0.3) is 5.56 Å². The van der Waals surface area contributed by atoms with Gasteiger partial charge < -0.3 is 14.6 Å². The number of hydrogen-bond acceptors (Lipinski definition) is 6. The summed E-state index contributed by atoms with van der Waals surface area (Å²) >= 11 is 1.33. The average Bonchev–Trinajstić information content (AvgIpc) is 3.49. The van der Waals surface area contributed by atoms with Crippen molar-refractivity contribution in [1.82, 2.24) is 9.55 Å². The van der Waals surface area contributed by atoms with E-state index in [1.165, 1.54) is 11.3 Å². The number of allylic oxidation sites excluding steroid dienone is 1. The molecule has 6 rings (SSSR count). The van der Waals surface area contributed by atoms with E-state index in [2.05, 4.69) is 42.2 Å². The number of carbonyl (C=O) groups is 1. The van der Waals surface area contributed by atoms with E-state index in [1.807, 2.05) is 67.5 Å². The zero-order valence-corrected chi connectivity index (χ0v) is 25.1. The highest BCUT2D eigenvalue weighted by atomic mass is 32.1. The molecule has 5 aromatic rings. The van der Waals surface area contributed by atoms with E-state index in [1.54, 1.807) is 18.4 Å². The molecule has 42 heavy (non-hydrogen) atoms. The average molecular weight is 577 g/mol. The Morgan fingerprint density at radius 1 is 1.07 bits per heavy atom. The number of aromatic nitrogens is 2. The molecule has 0 saturated carbocycles. The molecule has 0 saturated heterocycles. The predicted molar refractivity (Wildman–Crippen MR) is 170 cm³/mol. The van der Waals surface area contributed by atoms with Gasteiger partial charge in [0.05, 0.1) is 34.1 Å². The number of aryl methyl sites for hydroxylation is 1. The van der Waals surface area contributed by atoms with Gasteiger partial charge in [0.1, 0.15) is 0 Å². The molecule has 7 nitrogen and oxygen atoms in total. The summed E-state index contributed by atoms with van der Waals surface area (Å²) in [6, 6.07) is 23.7. The molecule has 0 radical (unpaired) electrons. The third kappa shape index (κ3) is 4.77. The Labute approximate surface area is 247 Å². The molecule has 3 aromatic carbocycles. The van der Waals surface area contributed by atoms with Crippen molar-refractivity contribution >= 4 is 40.0 Å². The molecule has 0 aliphatic carbocycles. The van der Waals surface area contributed by atoms with Crippen LogP contribution in [0.25, 0.3) is 28.2 Å². The molecule has 0 amide bonds. The van der Waals surface area contributed by atoms with E-state index in [4.69, 9.17) is 9.73 Å². The standard InChI is InChI=1S/C34H32N4O3S/c1-6-41-33(40)29-21(3)35-34-38(31(29)23-13-15-24(16-14-23)37(4)5)32(39)28(42-34)19-26-25-18-20(2)12-17-27(25)36-30(26)22-10-8-7-9-11-22/h7-19,31,36H,6H2,1-5H3/b28-19+/t31-/m1/s1. The fourth-order valence-electron chi connectivity index (χ4n) is 5.50. The number of nitrogens with one attached hydrogen (secondary N) is 1. The number of rotatable bonds is 6. The maximum absolute atomic E-state index is 14.3. The summed E-state index contributed by atoms with van der Waals surface area (Å²) in [7, 11) is 3.95. The number of nitrogens with zero attached hydrogens (tertiary/aromatic N) is 3. The SMILES string of the molecule is CCOC(=O)C1=C(C)N=c2s/c(=C/c3c(-c4ccccc4)[nH]c4ccc(C)cc34)c(=O)n2[C@@H]1c1ccc(N(C)C)cc1. The molecule has 3 heterocycles. The molecule has 212 valence electrons. The number of aromatic amines is 1. The second-order valence-corrected chi connectivity index (χ2v) is 11.6. The number of esters is 1. The van der Waals surface area contributed by atoms with E-state index >= 15 is 0 Å². The molecule has 1 aliphatic heterocycles. The van der Waals surface area contributed by atoms with Gasteiger partial charge in [0.2, 0.25) is 0 Å². The number of carbonyl (C=O) groups excluding carboxylic acids is 1. The molecule has 1 atom stereocenters. The van der Waals surface area contributed by atoms with E-state index in [0.717, 1.165) is 44.5 Å². The summed E-state index contributed by atoms with van der Waals surface area (Å²) in [5, 5.41) is 1.04. The topological polar surface area (TPSA) is 79.7 Å². The minimum absolute atomic E-state index is 0.198. The van der Waals surface area contributed by atoms with Gasteiger partial charge in [0, 0.05) is 36.2 Å². The second kappa shape index (κ2) is 10.9. The number of hydrogen-bond donors (Lipinski definition) is 1. The van der Waals surface area contributed by atoms with Crippen molar-refractivity contribution < 1.29 is 9.53 Å². The maximum Gasteiger partial charge on any atom is 0.338 e. The monoisotopic (exact) mass is 576 g/mol. The van der Waals surface area contributed by atoms with Crippen LogP contribution < -0.4 is 19.8 Å². The molecule has 0 bridgehead atoms. The van der Waals surface area contributed by atoms with Gasteiger partial charge in [-0.2, -0.15) is 0 Å². The molecule has 1 aliphatic rings. The van der Waals surface area contributed by atoms with Gasteiger partial charge in [-0.1, -0.05) is 65.4 Å². The van der Waals surface area contributed by atoms with Crippen LogP contribution in [0.3, 0.4) is 0 Å². The highest BCUT2D eigenvalue weighted by Gasteiger charge is 2.33. The fourth-order valence-corrected chi connectivity index (χ4v) is 6.53. The number of ether oxygens (including phenoxy) is 1. The number of fused-ring (bicyclic) bond motifs is 2. The van der Waals surface area contributed by atoms with Crippen LogP contribution in [-0.4, -0.2) is 36.2 Å². The number of anilines is 1. The van der Waals surface area contributed by atoms with Gasteiger partial charge in [0.15, 0.2) is 4.80 Å². The first-order valence-electron chi connectivity index (χ1n) is 13.9. The molecule has 0 unspecified atom stereocenters. The van der Waals surface area contributed by atoms with Crippen molar-refractivity contribution in [2.45, 2.75) is 26.8 Å². The summed E-state index contributed by atoms with van der Waals surface area (Å²) in [5.41, 5.74) is 7.62. The summed E-state index contributed by atoms with van der Waals surface area (Å²) in [5.74, 6) is -0.465. The Bertz CT molecular complexity index is 2030. The number of thiazole rings is 1. The lowest BCUT2D eigenvalue weighted by molar-refractivity contribution is -0.139. The van der Waals surface area contributed by atoms with Crippen LogP contribution in [0.5, 0.6) is 0 Å². The summed E-state index contributed by atoms with van der Waals surface area (Å²) in [6.07, 6.45) is 1.96. The molecular weight excluding hydrogens is 544 g/mol. The summed E-state index contributed by atoms with van der Waals surface area (Å²) < 4.78 is 7.63. The van der Waals surface area contributed by atoms with Crippen molar-refractivity contribution in [3.05, 3.63) is 120 Å². The van der Waals surface area contributed by atoms with Gasteiger partial charge in [-0.25, -0.2) is 9.79 Å². The van der Waals surface area contributed by atoms with Crippen molar-refractivity contribution in [2.75, 3.05) is 25.6 Å². The first-order valence-corrected chi connectivity index (χ1v) is 14.7. The summed E-state index contributed by atoms with van der Waals surface area (Å²) in [4.78, 5) is 38.4. The normalized spacial score (nSPS) is 15.1. The lowest BCUT2D eigenvalue weighted by atomic mass is 9.95. The molecule has 0 spiro atoms. The Kier molecular flexibility index (Phi) is 7.16. The Morgan fingerprint density at radius 2 is 1.81 bits per heavy atom. The first-order chi connectivity index (χ1) is 20.3. The van der Waals surface area contributed by atoms with Crippen LogP contribution in [0.1, 0.15) is 36.6 Å². The largest absolute Gasteiger partial charge is 0.463 e. The third-order valence-corrected chi connectivity index (χ3v) is 8.56. The fraction of sp³-hybridized carbons (Fsp3) is 0.206. The van der Waals surface area contributed by atoms with Crippen molar-refractivity contribution in [3.63, 3.8) is 0 Å². The van der Waals surface area contributed by atoms with Gasteiger partial charge in [-0.05, 0) is 62.2 Å². The molecule has 8 heteroatoms. The zero-order chi connectivity index (χ0) is 29.5. The van der Waals surface area contributed by atoms with Crippen LogP contribution in [-0.2, 0) is 9.53 Å². The quantitative estimate of drug-likeness (QED) is 0.278. The minimum Gasteiger partial charge on any atom is -0.463 e. The highest BCUT2D eigenvalue weighted by molar-refractivity contribution is 7.07. The number of H-pyrrole nitrogens is 1. The van der Waals surface area contributed by atoms with E-state index < -0.39 is 12.0 Å². The van der Waals surface area contributed by atoms with Crippen LogP contribution >= 0.6 is 11.3 Å². The smallest absolute Gasteiger partial charge is 0.338 e. The Morgan fingerprint density at radius 3 is 2.50 bits per heavy atom. The Balaban J connectivity index is 1.60. The molecule has 1 N–H and O–H groups in total. The van der Waals surface area contributed by atoms with Crippen molar-refractivity contribution in [2.24, 2.45) is 4.99 Å². The summed E-state index contributed by atoms with van der Waals surface area (Å²) in [6.45, 7) is 5.87. The van der Waals surface area contributed by atoms with Crippen LogP contribution in [0.15, 0.2) is 93.9 Å². The molecule has 2 aromatic heterocycles. The van der Waals surface area contributed by atoms with E-state index in [0.29, 0.717) is 20.6 Å². The minimum atomic E-state index is -0.655. The number of benzene rings is 3. The molecule has 0 fully saturated rings. The highest BCUT2D eigenvalue weighted by Crippen LogP contribution is 2.33. The van der Waals surface area contributed by atoms with Crippen molar-refractivity contribution in [1.29, 1.82) is 0 Å². The van der Waals surface area contributed by atoms with Gasteiger partial charge in [-0.15, -0.1) is 0 Å². The lowest BCUT2D eigenvalue weighted by Gasteiger charge is -2.25. The van der Waals surface area contributed by atoms with E-state index in [9.17, 15) is 9.59 Å². The third-order valence-electron chi connectivity index (χ3n) is 7.57. The van der Waals surface area contributed by atoms with Crippen LogP contribution in [0.4, 0.5) is 5.69 Å². The van der Waals surface area contributed by atoms with E-state index in [-0.39, 0.29) is 12.2 Å². The first kappa shape index (κ1) is 27.5. The van der Waals surface area contributed by atoms with Crippen LogP contribution in [0.2, 0.25) is 0 Å². The lowest BCUT2D eigenvalue weighted by Crippen LogP contribution is -2.40. The second-order valence-electron chi connectivity index (χ2n) is 10.6.